The number of carbonyl (C=O) groups excluding carboxylic acids is 2. The van der Waals surface area contributed by atoms with Crippen molar-refractivity contribution < 1.29 is 14.3 Å². The Labute approximate surface area is 176 Å². The molecular formula is C26H25NO3. The van der Waals surface area contributed by atoms with E-state index >= 15 is 0 Å². The van der Waals surface area contributed by atoms with Crippen LogP contribution in [0.3, 0.4) is 0 Å². The molecule has 0 bridgehead atoms. The van der Waals surface area contributed by atoms with Crippen molar-refractivity contribution in [3.63, 3.8) is 0 Å². The third kappa shape index (κ3) is 4.28. The molecule has 4 rings (SSSR count). The van der Waals surface area contributed by atoms with Crippen molar-refractivity contribution in [2.75, 3.05) is 7.11 Å². The Balaban J connectivity index is 1.55. The number of methoxy groups -OCH3 is 1. The van der Waals surface area contributed by atoms with Crippen LogP contribution in [0.25, 0.3) is 0 Å². The molecule has 0 aliphatic heterocycles. The molecule has 1 aliphatic carbocycles. The van der Waals surface area contributed by atoms with E-state index in [2.05, 4.69) is 29.6 Å². The minimum absolute atomic E-state index is 0.101. The third-order valence-electron chi connectivity index (χ3n) is 5.78. The van der Waals surface area contributed by atoms with E-state index in [1.54, 1.807) is 0 Å². The molecule has 0 heterocycles. The summed E-state index contributed by atoms with van der Waals surface area (Å²) >= 11 is 0. The van der Waals surface area contributed by atoms with Gasteiger partial charge in [0.15, 0.2) is 0 Å². The van der Waals surface area contributed by atoms with E-state index in [4.69, 9.17) is 4.74 Å². The Morgan fingerprint density at radius 1 is 0.800 bits per heavy atom. The van der Waals surface area contributed by atoms with Crippen molar-refractivity contribution in [3.05, 3.63) is 108 Å². The number of nitrogens with one attached hydrogen (secondary N) is 1. The topological polar surface area (TPSA) is 55.4 Å². The molecule has 1 saturated carbocycles. The highest BCUT2D eigenvalue weighted by molar-refractivity contribution is 5.89. The van der Waals surface area contributed by atoms with Crippen LogP contribution in [0.1, 0.15) is 28.5 Å². The van der Waals surface area contributed by atoms with Crippen LogP contribution in [0.4, 0.5) is 0 Å². The quantitative estimate of drug-likeness (QED) is 0.609. The molecule has 1 aliphatic rings. The molecule has 4 heteroatoms. The predicted molar refractivity (Wildman–Crippen MR) is 116 cm³/mol. The van der Waals surface area contributed by atoms with Crippen molar-refractivity contribution in [2.24, 2.45) is 5.92 Å². The second kappa shape index (κ2) is 8.95. The molecule has 0 saturated heterocycles. The van der Waals surface area contributed by atoms with Gasteiger partial charge in [-0.2, -0.15) is 0 Å². The number of amides is 1. The Bertz CT molecular complexity index is 943. The number of ether oxygens (including phenoxy) is 1. The summed E-state index contributed by atoms with van der Waals surface area (Å²) in [7, 11) is 1.35. The summed E-state index contributed by atoms with van der Waals surface area (Å²) in [4.78, 5) is 25.6. The summed E-state index contributed by atoms with van der Waals surface area (Å²) < 4.78 is 4.95. The van der Waals surface area contributed by atoms with E-state index < -0.39 is 12.0 Å². The number of hydrogen-bond donors (Lipinski definition) is 1. The van der Waals surface area contributed by atoms with Crippen molar-refractivity contribution >= 4 is 11.9 Å². The van der Waals surface area contributed by atoms with E-state index in [1.165, 1.54) is 7.11 Å². The van der Waals surface area contributed by atoms with Gasteiger partial charge in [-0.1, -0.05) is 91.0 Å². The van der Waals surface area contributed by atoms with Gasteiger partial charge in [-0.05, 0) is 16.7 Å². The number of rotatable bonds is 7. The van der Waals surface area contributed by atoms with Gasteiger partial charge in [-0.3, -0.25) is 4.79 Å². The molecule has 3 atom stereocenters. The van der Waals surface area contributed by atoms with E-state index in [0.717, 1.165) is 16.7 Å². The fourth-order valence-electron chi connectivity index (χ4n) is 4.27. The standard InChI is InChI=1S/C26H25NO3/c1-30-26(29)21(17-18-11-5-2-6-12-18)27-25(28)24-22(19-13-7-3-8-14-19)23(24)20-15-9-4-10-16-20/h2-16,21-24H,17H2,1H3,(H,27,28)/t21-,22+,23+/m0/s1. The van der Waals surface area contributed by atoms with Crippen molar-refractivity contribution in [1.82, 2.24) is 5.32 Å². The first-order valence-electron chi connectivity index (χ1n) is 10.2. The average Bonchev–Trinajstić information content (AvgIpc) is 3.56. The molecular weight excluding hydrogens is 374 g/mol. The second-order valence-corrected chi connectivity index (χ2v) is 7.67. The van der Waals surface area contributed by atoms with Crippen molar-refractivity contribution in [1.29, 1.82) is 0 Å². The molecule has 1 amide bonds. The minimum Gasteiger partial charge on any atom is -0.467 e. The highest BCUT2D eigenvalue weighted by atomic mass is 16.5. The predicted octanol–water partition coefficient (Wildman–Crippen LogP) is 4.08. The molecule has 4 nitrogen and oxygen atoms in total. The summed E-state index contributed by atoms with van der Waals surface area (Å²) in [6.45, 7) is 0. The lowest BCUT2D eigenvalue weighted by Gasteiger charge is -2.17. The molecule has 0 spiro atoms. The first kappa shape index (κ1) is 19.9. The van der Waals surface area contributed by atoms with Crippen molar-refractivity contribution in [2.45, 2.75) is 24.3 Å². The van der Waals surface area contributed by atoms with Gasteiger partial charge in [0.05, 0.1) is 13.0 Å². The van der Waals surface area contributed by atoms with Gasteiger partial charge in [-0.15, -0.1) is 0 Å². The first-order chi connectivity index (χ1) is 14.7. The van der Waals surface area contributed by atoms with Crippen LogP contribution in [0.15, 0.2) is 91.0 Å². The Kier molecular flexibility index (Phi) is 5.94. The third-order valence-corrected chi connectivity index (χ3v) is 5.78. The zero-order valence-electron chi connectivity index (χ0n) is 16.9. The smallest absolute Gasteiger partial charge is 0.328 e. The van der Waals surface area contributed by atoms with Gasteiger partial charge in [0.25, 0.3) is 0 Å². The summed E-state index contributed by atoms with van der Waals surface area (Å²) in [6.07, 6.45) is 0.401. The maximum absolute atomic E-state index is 13.3. The van der Waals surface area contributed by atoms with Crippen LogP contribution in [-0.4, -0.2) is 25.0 Å². The van der Waals surface area contributed by atoms with Gasteiger partial charge in [-0.25, -0.2) is 4.79 Å². The van der Waals surface area contributed by atoms with Gasteiger partial charge in [0.1, 0.15) is 6.04 Å². The molecule has 30 heavy (non-hydrogen) atoms. The Morgan fingerprint density at radius 2 is 1.27 bits per heavy atom. The summed E-state index contributed by atoms with van der Waals surface area (Å²) in [5.74, 6) is -0.547. The van der Waals surface area contributed by atoms with Crippen LogP contribution in [-0.2, 0) is 20.7 Å². The van der Waals surface area contributed by atoms with Crippen LogP contribution in [0, 0.1) is 5.92 Å². The highest BCUT2D eigenvalue weighted by Crippen LogP contribution is 2.60. The van der Waals surface area contributed by atoms with Crippen LogP contribution in [0.5, 0.6) is 0 Å². The molecule has 152 valence electrons. The molecule has 3 aromatic rings. The largest absolute Gasteiger partial charge is 0.467 e. The van der Waals surface area contributed by atoms with Gasteiger partial charge in [0, 0.05) is 18.3 Å². The minimum atomic E-state index is -0.710. The van der Waals surface area contributed by atoms with E-state index in [-0.39, 0.29) is 23.7 Å². The molecule has 0 unspecified atom stereocenters. The molecule has 0 radical (unpaired) electrons. The zero-order valence-corrected chi connectivity index (χ0v) is 16.9. The van der Waals surface area contributed by atoms with Gasteiger partial charge < -0.3 is 10.1 Å². The normalized spacial score (nSPS) is 20.8. The van der Waals surface area contributed by atoms with Crippen LogP contribution < -0.4 is 5.32 Å². The van der Waals surface area contributed by atoms with E-state index in [1.807, 2.05) is 66.7 Å². The lowest BCUT2D eigenvalue weighted by Crippen LogP contribution is -2.44. The van der Waals surface area contributed by atoms with Crippen LogP contribution >= 0.6 is 0 Å². The maximum atomic E-state index is 13.3. The molecule has 3 aromatic carbocycles. The highest BCUT2D eigenvalue weighted by Gasteiger charge is 2.56. The summed E-state index contributed by atoms with van der Waals surface area (Å²) in [5.41, 5.74) is 3.26. The molecule has 0 aromatic heterocycles. The monoisotopic (exact) mass is 399 g/mol. The zero-order chi connectivity index (χ0) is 20.9. The number of esters is 1. The van der Waals surface area contributed by atoms with Crippen LogP contribution in [0.2, 0.25) is 0 Å². The Morgan fingerprint density at radius 3 is 1.73 bits per heavy atom. The van der Waals surface area contributed by atoms with Gasteiger partial charge >= 0.3 is 5.97 Å². The molecule has 1 fully saturated rings. The second-order valence-electron chi connectivity index (χ2n) is 7.67. The maximum Gasteiger partial charge on any atom is 0.328 e. The first-order valence-corrected chi connectivity index (χ1v) is 10.2. The lowest BCUT2D eigenvalue weighted by atomic mass is 10.0. The Hall–Kier alpha value is -3.40. The van der Waals surface area contributed by atoms with E-state index in [9.17, 15) is 9.59 Å². The fraction of sp³-hybridized carbons (Fsp3) is 0.231. The molecule has 1 N–H and O–H groups in total. The average molecular weight is 399 g/mol. The number of hydrogen-bond acceptors (Lipinski definition) is 3. The van der Waals surface area contributed by atoms with E-state index in [0.29, 0.717) is 6.42 Å². The lowest BCUT2D eigenvalue weighted by molar-refractivity contribution is -0.145. The summed E-state index contributed by atoms with van der Waals surface area (Å²) in [5, 5.41) is 2.96. The number of benzene rings is 3. The van der Waals surface area contributed by atoms with Crippen molar-refractivity contribution in [3.8, 4) is 0 Å². The SMILES string of the molecule is COC(=O)[C@H](Cc1ccccc1)NC(=O)C1[C@H](c2ccccc2)[C@H]1c1ccccc1. The van der Waals surface area contributed by atoms with Gasteiger partial charge in [0.2, 0.25) is 5.91 Å². The fourth-order valence-corrected chi connectivity index (χ4v) is 4.27. The number of carbonyl (C=O) groups is 2. The summed E-state index contributed by atoms with van der Waals surface area (Å²) in [6, 6.07) is 29.1.